The SMILES string of the molecule is O=c1[nH]c2ccc(F)cc2c(=O)n1O. The molecule has 0 spiro atoms. The van der Waals surface area contributed by atoms with Gasteiger partial charge in [0, 0.05) is 0 Å². The minimum atomic E-state index is -0.950. The topological polar surface area (TPSA) is 75.1 Å². The number of benzene rings is 1. The van der Waals surface area contributed by atoms with Crippen molar-refractivity contribution in [2.75, 3.05) is 0 Å². The molecule has 14 heavy (non-hydrogen) atoms. The Hall–Kier alpha value is -2.11. The predicted octanol–water partition coefficient (Wildman–Crippen LogP) is 0.0662. The summed E-state index contributed by atoms with van der Waals surface area (Å²) < 4.78 is 12.6. The second kappa shape index (κ2) is 2.69. The Morgan fingerprint density at radius 1 is 1.36 bits per heavy atom. The fraction of sp³-hybridized carbons (Fsp3) is 0. The Kier molecular flexibility index (Phi) is 1.63. The first kappa shape index (κ1) is 8.49. The molecular formula is C8H5FN2O3. The first-order chi connectivity index (χ1) is 6.59. The average Bonchev–Trinajstić information content (AvgIpc) is 2.16. The maximum Gasteiger partial charge on any atom is 0.362 e. The van der Waals surface area contributed by atoms with Gasteiger partial charge >= 0.3 is 5.69 Å². The standard InChI is InChI=1S/C8H5FN2O3/c9-4-1-2-6-5(3-4)7(12)11(14)8(13)10-6/h1-3,14H,(H,10,13). The highest BCUT2D eigenvalue weighted by Crippen LogP contribution is 2.06. The van der Waals surface area contributed by atoms with Gasteiger partial charge in [-0.1, -0.05) is 4.73 Å². The quantitative estimate of drug-likeness (QED) is 0.585. The fourth-order valence-electron chi connectivity index (χ4n) is 1.18. The third kappa shape index (κ3) is 1.08. The zero-order valence-electron chi connectivity index (χ0n) is 6.82. The number of aromatic amines is 1. The van der Waals surface area contributed by atoms with Crippen LogP contribution in [0.1, 0.15) is 0 Å². The van der Waals surface area contributed by atoms with E-state index >= 15 is 0 Å². The summed E-state index contributed by atoms with van der Waals surface area (Å²) in [5.74, 6) is -0.610. The Morgan fingerprint density at radius 2 is 2.07 bits per heavy atom. The summed E-state index contributed by atoms with van der Waals surface area (Å²) in [4.78, 5) is 24.3. The third-order valence-electron chi connectivity index (χ3n) is 1.84. The van der Waals surface area contributed by atoms with Crippen molar-refractivity contribution in [3.05, 3.63) is 44.9 Å². The van der Waals surface area contributed by atoms with Crippen LogP contribution in [0.15, 0.2) is 27.8 Å². The summed E-state index contributed by atoms with van der Waals surface area (Å²) in [7, 11) is 0. The van der Waals surface area contributed by atoms with E-state index in [-0.39, 0.29) is 15.6 Å². The molecule has 1 aromatic carbocycles. The van der Waals surface area contributed by atoms with Crippen LogP contribution in [-0.2, 0) is 0 Å². The smallest absolute Gasteiger partial charge is 0.362 e. The number of H-pyrrole nitrogens is 1. The normalized spacial score (nSPS) is 10.6. The Bertz CT molecular complexity index is 614. The zero-order chi connectivity index (χ0) is 10.3. The number of nitrogens with one attached hydrogen (secondary N) is 1. The summed E-state index contributed by atoms with van der Waals surface area (Å²) in [6, 6.07) is 3.31. The van der Waals surface area contributed by atoms with Gasteiger partial charge in [0.05, 0.1) is 10.9 Å². The van der Waals surface area contributed by atoms with Crippen LogP contribution in [0.5, 0.6) is 0 Å². The lowest BCUT2D eigenvalue weighted by Gasteiger charge is -1.98. The molecule has 2 aromatic rings. The van der Waals surface area contributed by atoms with Crippen LogP contribution in [0.2, 0.25) is 0 Å². The van der Waals surface area contributed by atoms with Gasteiger partial charge in [-0.15, -0.1) is 0 Å². The van der Waals surface area contributed by atoms with Crippen molar-refractivity contribution in [1.29, 1.82) is 0 Å². The van der Waals surface area contributed by atoms with E-state index in [1.54, 1.807) is 0 Å². The molecule has 0 saturated carbocycles. The molecule has 2 N–H and O–H groups in total. The maximum absolute atomic E-state index is 12.7. The lowest BCUT2D eigenvalue weighted by Crippen LogP contribution is -2.33. The molecule has 1 heterocycles. The van der Waals surface area contributed by atoms with E-state index in [0.29, 0.717) is 0 Å². The Morgan fingerprint density at radius 3 is 2.79 bits per heavy atom. The number of aromatic nitrogens is 2. The molecule has 0 bridgehead atoms. The molecule has 1 aromatic heterocycles. The fourth-order valence-corrected chi connectivity index (χ4v) is 1.18. The minimum Gasteiger partial charge on any atom is -0.421 e. The van der Waals surface area contributed by atoms with Crippen LogP contribution in [0.3, 0.4) is 0 Å². The molecule has 0 saturated heterocycles. The number of hydrogen-bond acceptors (Lipinski definition) is 3. The monoisotopic (exact) mass is 196 g/mol. The summed E-state index contributed by atoms with van der Waals surface area (Å²) >= 11 is 0. The van der Waals surface area contributed by atoms with Crippen molar-refractivity contribution in [2.24, 2.45) is 0 Å². The van der Waals surface area contributed by atoms with Crippen LogP contribution in [0, 0.1) is 5.82 Å². The van der Waals surface area contributed by atoms with Crippen LogP contribution in [-0.4, -0.2) is 14.9 Å². The van der Waals surface area contributed by atoms with Gasteiger partial charge in [0.2, 0.25) is 0 Å². The van der Waals surface area contributed by atoms with Crippen LogP contribution in [0.25, 0.3) is 10.9 Å². The van der Waals surface area contributed by atoms with E-state index in [0.717, 1.165) is 12.1 Å². The molecule has 5 nitrogen and oxygen atoms in total. The highest BCUT2D eigenvalue weighted by atomic mass is 19.1. The van der Waals surface area contributed by atoms with Crippen molar-refractivity contribution in [3.63, 3.8) is 0 Å². The van der Waals surface area contributed by atoms with Gasteiger partial charge in [-0.3, -0.25) is 4.79 Å². The largest absolute Gasteiger partial charge is 0.421 e. The number of halogens is 1. The molecule has 0 aliphatic heterocycles. The van der Waals surface area contributed by atoms with E-state index in [9.17, 15) is 14.0 Å². The van der Waals surface area contributed by atoms with Gasteiger partial charge in [-0.25, -0.2) is 9.18 Å². The predicted molar refractivity (Wildman–Crippen MR) is 46.0 cm³/mol. The van der Waals surface area contributed by atoms with Gasteiger partial charge in [-0.2, -0.15) is 0 Å². The highest BCUT2D eigenvalue weighted by Gasteiger charge is 2.06. The van der Waals surface area contributed by atoms with Gasteiger partial charge < -0.3 is 10.2 Å². The number of nitrogens with zero attached hydrogens (tertiary/aromatic N) is 1. The molecule has 2 rings (SSSR count). The summed E-state index contributed by atoms with van der Waals surface area (Å²) in [5, 5.41) is 8.86. The first-order valence-corrected chi connectivity index (χ1v) is 3.73. The lowest BCUT2D eigenvalue weighted by atomic mass is 10.2. The van der Waals surface area contributed by atoms with E-state index < -0.39 is 17.1 Å². The third-order valence-corrected chi connectivity index (χ3v) is 1.84. The Balaban J connectivity index is 3.07. The molecule has 0 fully saturated rings. The van der Waals surface area contributed by atoms with Gasteiger partial charge in [0.25, 0.3) is 5.56 Å². The number of rotatable bonds is 0. The molecule has 0 amide bonds. The summed E-state index contributed by atoms with van der Waals surface area (Å²) in [6.45, 7) is 0. The van der Waals surface area contributed by atoms with Crippen molar-refractivity contribution in [2.45, 2.75) is 0 Å². The number of fused-ring (bicyclic) bond motifs is 1. The van der Waals surface area contributed by atoms with E-state index in [1.807, 2.05) is 0 Å². The van der Waals surface area contributed by atoms with Gasteiger partial charge in [0.1, 0.15) is 5.82 Å². The molecule has 6 heteroatoms. The zero-order valence-corrected chi connectivity index (χ0v) is 6.82. The minimum absolute atomic E-state index is 0.0768. The molecule has 0 aliphatic carbocycles. The summed E-state index contributed by atoms with van der Waals surface area (Å²) in [6.07, 6.45) is 0. The van der Waals surface area contributed by atoms with E-state index in [4.69, 9.17) is 5.21 Å². The maximum atomic E-state index is 12.7. The highest BCUT2D eigenvalue weighted by molar-refractivity contribution is 5.76. The van der Waals surface area contributed by atoms with Crippen LogP contribution in [0.4, 0.5) is 4.39 Å². The Labute approximate surface area is 76.0 Å². The molecule has 72 valence electrons. The number of hydrogen-bond donors (Lipinski definition) is 2. The second-order valence-electron chi connectivity index (χ2n) is 2.74. The molecule has 0 unspecified atom stereocenters. The lowest BCUT2D eigenvalue weighted by molar-refractivity contribution is 0.162. The molecule has 0 radical (unpaired) electrons. The van der Waals surface area contributed by atoms with Crippen LogP contribution >= 0.6 is 0 Å². The van der Waals surface area contributed by atoms with Crippen molar-refractivity contribution in [1.82, 2.24) is 9.71 Å². The average molecular weight is 196 g/mol. The first-order valence-electron chi connectivity index (χ1n) is 3.73. The van der Waals surface area contributed by atoms with E-state index in [2.05, 4.69) is 4.98 Å². The molecule has 0 atom stereocenters. The summed E-state index contributed by atoms with van der Waals surface area (Å²) in [5.41, 5.74) is -1.70. The van der Waals surface area contributed by atoms with E-state index in [1.165, 1.54) is 6.07 Å². The van der Waals surface area contributed by atoms with Crippen molar-refractivity contribution < 1.29 is 9.60 Å². The van der Waals surface area contributed by atoms with Gasteiger partial charge in [-0.05, 0) is 18.2 Å². The van der Waals surface area contributed by atoms with Gasteiger partial charge in [0.15, 0.2) is 0 Å². The molecule has 0 aliphatic rings. The van der Waals surface area contributed by atoms with Crippen LogP contribution < -0.4 is 11.2 Å². The second-order valence-corrected chi connectivity index (χ2v) is 2.74. The van der Waals surface area contributed by atoms with Crippen molar-refractivity contribution >= 4 is 10.9 Å². The molecular weight excluding hydrogens is 191 g/mol. The van der Waals surface area contributed by atoms with Crippen molar-refractivity contribution in [3.8, 4) is 0 Å².